The van der Waals surface area contributed by atoms with Crippen molar-refractivity contribution in [1.82, 2.24) is 10.5 Å². The van der Waals surface area contributed by atoms with Crippen LogP contribution < -0.4 is 10.1 Å². The molecule has 0 saturated heterocycles. The largest absolute Gasteiger partial charge is 0.494 e. The molecule has 0 unspecified atom stereocenters. The van der Waals surface area contributed by atoms with E-state index in [1.165, 1.54) is 32.1 Å². The molecule has 24 heavy (non-hydrogen) atoms. The van der Waals surface area contributed by atoms with Crippen molar-refractivity contribution in [2.24, 2.45) is 0 Å². The van der Waals surface area contributed by atoms with E-state index in [4.69, 9.17) is 9.26 Å². The lowest BCUT2D eigenvalue weighted by atomic mass is 10.1. The molecule has 1 aromatic carbocycles. The Hall–Kier alpha value is -1.81. The molecule has 2 aromatic rings. The van der Waals surface area contributed by atoms with Crippen LogP contribution in [0.1, 0.15) is 56.7 Å². The summed E-state index contributed by atoms with van der Waals surface area (Å²) in [5, 5.41) is 7.23. The number of aromatic nitrogens is 1. The summed E-state index contributed by atoms with van der Waals surface area (Å²) in [5.41, 5.74) is 3.08. The molecule has 132 valence electrons. The van der Waals surface area contributed by atoms with Gasteiger partial charge in [-0.2, -0.15) is 0 Å². The molecule has 1 N–H and O–H groups in total. The van der Waals surface area contributed by atoms with Crippen molar-refractivity contribution in [3.63, 3.8) is 0 Å². The Kier molecular flexibility index (Phi) is 7.83. The second-order valence-corrected chi connectivity index (χ2v) is 6.25. The Labute approximate surface area is 145 Å². The van der Waals surface area contributed by atoms with Crippen molar-refractivity contribution < 1.29 is 9.26 Å². The molecule has 0 aliphatic carbocycles. The van der Waals surface area contributed by atoms with Gasteiger partial charge in [0, 0.05) is 17.7 Å². The van der Waals surface area contributed by atoms with E-state index in [9.17, 15) is 0 Å². The molecule has 4 nitrogen and oxygen atoms in total. The summed E-state index contributed by atoms with van der Waals surface area (Å²) in [6, 6.07) is 8.08. The molecule has 0 aliphatic rings. The van der Waals surface area contributed by atoms with Gasteiger partial charge in [0.05, 0.1) is 6.61 Å². The summed E-state index contributed by atoms with van der Waals surface area (Å²) in [6.45, 7) is 5.80. The Morgan fingerprint density at radius 2 is 1.75 bits per heavy atom. The van der Waals surface area contributed by atoms with Crippen LogP contribution in [0, 0.1) is 6.92 Å². The van der Waals surface area contributed by atoms with Crippen LogP contribution in [0.15, 0.2) is 28.8 Å². The van der Waals surface area contributed by atoms with Crippen LogP contribution in [0.3, 0.4) is 0 Å². The van der Waals surface area contributed by atoms with E-state index in [1.54, 1.807) is 0 Å². The molecule has 0 atom stereocenters. The lowest BCUT2D eigenvalue weighted by Crippen LogP contribution is -2.06. The van der Waals surface area contributed by atoms with Crippen LogP contribution in [0.2, 0.25) is 0 Å². The van der Waals surface area contributed by atoms with E-state index in [1.807, 2.05) is 38.2 Å². The highest BCUT2D eigenvalue weighted by Gasteiger charge is 2.13. The summed E-state index contributed by atoms with van der Waals surface area (Å²) in [4.78, 5) is 0. The predicted molar refractivity (Wildman–Crippen MR) is 98.3 cm³/mol. The first-order valence-corrected chi connectivity index (χ1v) is 9.09. The molecule has 0 bridgehead atoms. The third-order valence-electron chi connectivity index (χ3n) is 4.25. The van der Waals surface area contributed by atoms with Crippen LogP contribution in [0.5, 0.6) is 5.75 Å². The third kappa shape index (κ3) is 5.38. The van der Waals surface area contributed by atoms with Gasteiger partial charge in [0.25, 0.3) is 0 Å². The lowest BCUT2D eigenvalue weighted by Gasteiger charge is -2.07. The fraction of sp³-hybridized carbons (Fsp3) is 0.550. The average molecular weight is 330 g/mol. The standard InChI is InChI=1S/C20H30N2O2/c1-4-5-6-7-8-9-14-23-18-12-10-17(11-13-18)20-16(2)19(15-21-3)22-24-20/h10-13,21H,4-9,14-15H2,1-3H3. The van der Waals surface area contributed by atoms with Crippen molar-refractivity contribution in [2.45, 2.75) is 58.9 Å². The quantitative estimate of drug-likeness (QED) is 0.582. The average Bonchev–Trinajstić information content (AvgIpc) is 2.96. The molecule has 0 aliphatic heterocycles. The van der Waals surface area contributed by atoms with Gasteiger partial charge in [0.15, 0.2) is 5.76 Å². The zero-order valence-electron chi connectivity index (χ0n) is 15.2. The lowest BCUT2D eigenvalue weighted by molar-refractivity contribution is 0.304. The van der Waals surface area contributed by atoms with Crippen molar-refractivity contribution in [3.8, 4) is 17.1 Å². The first-order chi connectivity index (χ1) is 11.8. The Balaban J connectivity index is 1.80. The topological polar surface area (TPSA) is 47.3 Å². The minimum atomic E-state index is 0.717. The molecule has 0 fully saturated rings. The maximum Gasteiger partial charge on any atom is 0.170 e. The second-order valence-electron chi connectivity index (χ2n) is 6.25. The summed E-state index contributed by atoms with van der Waals surface area (Å²) in [5.74, 6) is 1.75. The van der Waals surface area contributed by atoms with Crippen molar-refractivity contribution in [3.05, 3.63) is 35.5 Å². The molecule has 4 heteroatoms. The van der Waals surface area contributed by atoms with Crippen LogP contribution in [0.4, 0.5) is 0 Å². The van der Waals surface area contributed by atoms with Gasteiger partial charge in [0.1, 0.15) is 11.4 Å². The van der Waals surface area contributed by atoms with Crippen LogP contribution in [-0.4, -0.2) is 18.8 Å². The number of hydrogen-bond donors (Lipinski definition) is 1. The number of nitrogens with one attached hydrogen (secondary N) is 1. The van der Waals surface area contributed by atoms with Gasteiger partial charge in [-0.25, -0.2) is 0 Å². The summed E-state index contributed by atoms with van der Waals surface area (Å²) < 4.78 is 11.3. The van der Waals surface area contributed by atoms with Gasteiger partial charge < -0.3 is 14.6 Å². The van der Waals surface area contributed by atoms with E-state index >= 15 is 0 Å². The Morgan fingerprint density at radius 3 is 2.46 bits per heavy atom. The molecule has 0 spiro atoms. The molecule has 2 rings (SSSR count). The number of unbranched alkanes of at least 4 members (excludes halogenated alkanes) is 5. The zero-order chi connectivity index (χ0) is 17.2. The predicted octanol–water partition coefficient (Wildman–Crippen LogP) is 5.11. The van der Waals surface area contributed by atoms with Gasteiger partial charge in [-0.1, -0.05) is 44.2 Å². The van der Waals surface area contributed by atoms with E-state index in [0.717, 1.165) is 47.9 Å². The van der Waals surface area contributed by atoms with E-state index in [-0.39, 0.29) is 0 Å². The van der Waals surface area contributed by atoms with Gasteiger partial charge in [-0.15, -0.1) is 0 Å². The van der Waals surface area contributed by atoms with Gasteiger partial charge in [-0.05, 0) is 44.7 Å². The second kappa shape index (κ2) is 10.1. The highest BCUT2D eigenvalue weighted by atomic mass is 16.5. The van der Waals surface area contributed by atoms with Gasteiger partial charge >= 0.3 is 0 Å². The Bertz CT molecular complexity index is 590. The SMILES string of the molecule is CCCCCCCCOc1ccc(-c2onc(CNC)c2C)cc1. The van der Waals surface area contributed by atoms with Crippen LogP contribution >= 0.6 is 0 Å². The first-order valence-electron chi connectivity index (χ1n) is 9.09. The number of ether oxygens (including phenoxy) is 1. The first kappa shape index (κ1) is 18.5. The molecule has 0 saturated carbocycles. The molecule has 1 heterocycles. The van der Waals surface area contributed by atoms with Crippen molar-refractivity contribution in [2.75, 3.05) is 13.7 Å². The zero-order valence-corrected chi connectivity index (χ0v) is 15.2. The number of hydrogen-bond acceptors (Lipinski definition) is 4. The van der Waals surface area contributed by atoms with Gasteiger partial charge in [0.2, 0.25) is 0 Å². The fourth-order valence-electron chi connectivity index (χ4n) is 2.75. The minimum Gasteiger partial charge on any atom is -0.494 e. The maximum absolute atomic E-state index is 5.82. The van der Waals surface area contributed by atoms with E-state index in [0.29, 0.717) is 0 Å². The van der Waals surface area contributed by atoms with E-state index in [2.05, 4.69) is 17.4 Å². The normalized spacial score (nSPS) is 11.0. The van der Waals surface area contributed by atoms with Crippen LogP contribution in [0.25, 0.3) is 11.3 Å². The number of rotatable bonds is 11. The highest BCUT2D eigenvalue weighted by Crippen LogP contribution is 2.27. The smallest absolute Gasteiger partial charge is 0.170 e. The molecular formula is C20H30N2O2. The fourth-order valence-corrected chi connectivity index (χ4v) is 2.75. The van der Waals surface area contributed by atoms with Crippen molar-refractivity contribution >= 4 is 0 Å². The number of benzene rings is 1. The monoisotopic (exact) mass is 330 g/mol. The summed E-state index contributed by atoms with van der Waals surface area (Å²) >= 11 is 0. The molecule has 0 amide bonds. The van der Waals surface area contributed by atoms with Crippen LogP contribution in [-0.2, 0) is 6.54 Å². The van der Waals surface area contributed by atoms with E-state index < -0.39 is 0 Å². The maximum atomic E-state index is 5.82. The minimum absolute atomic E-state index is 0.717. The Morgan fingerprint density at radius 1 is 1.04 bits per heavy atom. The summed E-state index contributed by atoms with van der Waals surface area (Å²) in [7, 11) is 1.91. The number of nitrogens with zero attached hydrogens (tertiary/aromatic N) is 1. The molecule has 1 aromatic heterocycles. The third-order valence-corrected chi connectivity index (χ3v) is 4.25. The summed E-state index contributed by atoms with van der Waals surface area (Å²) in [6.07, 6.45) is 7.68. The molecule has 0 radical (unpaired) electrons. The van der Waals surface area contributed by atoms with Gasteiger partial charge in [-0.3, -0.25) is 0 Å². The van der Waals surface area contributed by atoms with Crippen molar-refractivity contribution in [1.29, 1.82) is 0 Å². The highest BCUT2D eigenvalue weighted by molar-refractivity contribution is 5.62. The molecular weight excluding hydrogens is 300 g/mol.